The quantitative estimate of drug-likeness (QED) is 0.639. The van der Waals surface area contributed by atoms with Crippen LogP contribution in [0.15, 0.2) is 35.0 Å². The molecule has 0 saturated heterocycles. The number of hydrogen-bond acceptors (Lipinski definition) is 4. The van der Waals surface area contributed by atoms with E-state index < -0.39 is 5.97 Å². The van der Waals surface area contributed by atoms with Crippen molar-refractivity contribution < 1.29 is 14.4 Å². The van der Waals surface area contributed by atoms with E-state index >= 15 is 0 Å². The molecule has 0 amide bonds. The van der Waals surface area contributed by atoms with Crippen molar-refractivity contribution in [2.75, 3.05) is 5.73 Å². The summed E-state index contributed by atoms with van der Waals surface area (Å²) in [6.07, 6.45) is 1.69. The first kappa shape index (κ1) is 10.4. The number of nitrogens with one attached hydrogen (secondary N) is 1. The van der Waals surface area contributed by atoms with Gasteiger partial charge in [0.05, 0.1) is 0 Å². The number of aromatic nitrogens is 2. The van der Waals surface area contributed by atoms with Crippen molar-refractivity contribution in [2.45, 2.75) is 0 Å². The van der Waals surface area contributed by atoms with E-state index in [4.69, 9.17) is 15.4 Å². The van der Waals surface area contributed by atoms with E-state index in [-0.39, 0.29) is 17.1 Å². The Morgan fingerprint density at radius 3 is 2.94 bits per heavy atom. The number of anilines is 1. The normalized spacial score (nSPS) is 10.9. The van der Waals surface area contributed by atoms with E-state index in [0.717, 1.165) is 10.9 Å². The number of aromatic carboxylic acids is 1. The molecule has 0 aliphatic carbocycles. The summed E-state index contributed by atoms with van der Waals surface area (Å²) in [6, 6.07) is 7.52. The van der Waals surface area contributed by atoms with Crippen LogP contribution in [0.5, 0.6) is 0 Å². The molecule has 0 unspecified atom stereocenters. The van der Waals surface area contributed by atoms with Crippen molar-refractivity contribution in [3.05, 3.63) is 36.0 Å². The lowest BCUT2D eigenvalue weighted by atomic mass is 10.1. The lowest BCUT2D eigenvalue weighted by Crippen LogP contribution is -2.00. The molecule has 0 saturated carbocycles. The van der Waals surface area contributed by atoms with Gasteiger partial charge in [-0.1, -0.05) is 23.4 Å². The maximum absolute atomic E-state index is 11.1. The number of hydrogen-bond donors (Lipinski definition) is 3. The Labute approximate surface area is 101 Å². The van der Waals surface area contributed by atoms with Crippen LogP contribution in [0.4, 0.5) is 5.88 Å². The Morgan fingerprint density at radius 2 is 2.17 bits per heavy atom. The van der Waals surface area contributed by atoms with Gasteiger partial charge in [-0.05, 0) is 6.07 Å². The number of H-pyrrole nitrogens is 1. The highest BCUT2D eigenvalue weighted by atomic mass is 16.5. The van der Waals surface area contributed by atoms with Crippen molar-refractivity contribution in [3.8, 4) is 11.3 Å². The van der Waals surface area contributed by atoms with Gasteiger partial charge in [-0.2, -0.15) is 0 Å². The number of nitrogens with zero attached hydrogens (tertiary/aromatic N) is 1. The molecular weight excluding hydrogens is 234 g/mol. The Bertz CT molecular complexity index is 742. The Kier molecular flexibility index (Phi) is 2.09. The number of aromatic amines is 1. The molecule has 0 bridgehead atoms. The minimum atomic E-state index is -1.16. The van der Waals surface area contributed by atoms with E-state index in [1.807, 2.05) is 24.3 Å². The van der Waals surface area contributed by atoms with Crippen LogP contribution in [0.1, 0.15) is 10.4 Å². The summed E-state index contributed by atoms with van der Waals surface area (Å²) in [5.41, 5.74) is 7.14. The van der Waals surface area contributed by atoms with Gasteiger partial charge in [-0.15, -0.1) is 0 Å². The van der Waals surface area contributed by atoms with Crippen LogP contribution in [0.25, 0.3) is 22.2 Å². The first-order valence-corrected chi connectivity index (χ1v) is 5.23. The second-order valence-corrected chi connectivity index (χ2v) is 3.82. The predicted molar refractivity (Wildman–Crippen MR) is 65.2 cm³/mol. The average Bonchev–Trinajstić information content (AvgIpc) is 2.92. The van der Waals surface area contributed by atoms with Crippen molar-refractivity contribution in [2.24, 2.45) is 0 Å². The molecular formula is C12H9N3O3. The molecule has 1 aromatic carbocycles. The van der Waals surface area contributed by atoms with Gasteiger partial charge in [0.1, 0.15) is 5.69 Å². The van der Waals surface area contributed by atoms with Crippen LogP contribution in [-0.2, 0) is 0 Å². The third-order valence-corrected chi connectivity index (χ3v) is 2.78. The number of rotatable bonds is 2. The lowest BCUT2D eigenvalue weighted by molar-refractivity contribution is 0.0698. The number of nitrogens with two attached hydrogens (primary N) is 1. The highest BCUT2D eigenvalue weighted by Gasteiger charge is 2.23. The molecule has 0 aliphatic heterocycles. The Hall–Kier alpha value is -2.76. The SMILES string of the molecule is Nc1onc(-c2c[nH]c3ccccc23)c1C(=O)O. The fourth-order valence-electron chi connectivity index (χ4n) is 1.96. The molecule has 90 valence electrons. The van der Waals surface area contributed by atoms with Crippen LogP contribution >= 0.6 is 0 Å². The standard InChI is InChI=1S/C12H9N3O3/c13-11-9(12(16)17)10(15-18-11)7-5-14-8-4-2-1-3-6(7)8/h1-5,14H,13H2,(H,16,17). The second kappa shape index (κ2) is 3.63. The van der Waals surface area contributed by atoms with E-state index in [2.05, 4.69) is 10.1 Å². The van der Waals surface area contributed by atoms with Gasteiger partial charge in [0, 0.05) is 22.7 Å². The van der Waals surface area contributed by atoms with Crippen LogP contribution in [0.3, 0.4) is 0 Å². The van der Waals surface area contributed by atoms with Crippen LogP contribution in [0.2, 0.25) is 0 Å². The summed E-state index contributed by atoms with van der Waals surface area (Å²) in [6.45, 7) is 0. The van der Waals surface area contributed by atoms with Gasteiger partial charge in [0.25, 0.3) is 0 Å². The van der Waals surface area contributed by atoms with Crippen LogP contribution < -0.4 is 5.73 Å². The maximum atomic E-state index is 11.1. The van der Waals surface area contributed by atoms with Gasteiger partial charge < -0.3 is 20.3 Å². The third kappa shape index (κ3) is 1.36. The minimum Gasteiger partial charge on any atom is -0.477 e. The lowest BCUT2D eigenvalue weighted by Gasteiger charge is -1.95. The van der Waals surface area contributed by atoms with Gasteiger partial charge in [-0.3, -0.25) is 0 Å². The number of carbonyl (C=O) groups is 1. The highest BCUT2D eigenvalue weighted by Crippen LogP contribution is 2.32. The molecule has 0 spiro atoms. The number of carboxylic acid groups (broad SMARTS) is 1. The molecule has 18 heavy (non-hydrogen) atoms. The molecule has 6 nitrogen and oxygen atoms in total. The number of nitrogen functional groups attached to an aromatic ring is 1. The molecule has 0 aliphatic rings. The monoisotopic (exact) mass is 243 g/mol. The fraction of sp³-hybridized carbons (Fsp3) is 0. The predicted octanol–water partition coefficient (Wildman–Crippen LogP) is 2.10. The summed E-state index contributed by atoms with van der Waals surface area (Å²) in [5, 5.41) is 13.7. The number of fused-ring (bicyclic) bond motifs is 1. The van der Waals surface area contributed by atoms with Crippen molar-refractivity contribution in [1.82, 2.24) is 10.1 Å². The Balaban J connectivity index is 2.30. The topological polar surface area (TPSA) is 105 Å². The van der Waals surface area contributed by atoms with Crippen molar-refractivity contribution in [3.63, 3.8) is 0 Å². The summed E-state index contributed by atoms with van der Waals surface area (Å²) >= 11 is 0. The smallest absolute Gasteiger partial charge is 0.343 e. The first-order chi connectivity index (χ1) is 8.68. The van der Waals surface area contributed by atoms with Gasteiger partial charge >= 0.3 is 5.97 Å². The van der Waals surface area contributed by atoms with Crippen molar-refractivity contribution >= 4 is 22.8 Å². The zero-order valence-electron chi connectivity index (χ0n) is 9.18. The number of benzene rings is 1. The summed E-state index contributed by atoms with van der Waals surface area (Å²) in [4.78, 5) is 14.2. The maximum Gasteiger partial charge on any atom is 0.343 e. The largest absolute Gasteiger partial charge is 0.477 e. The first-order valence-electron chi connectivity index (χ1n) is 5.23. The molecule has 0 radical (unpaired) electrons. The van der Waals surface area contributed by atoms with Crippen LogP contribution in [-0.4, -0.2) is 21.2 Å². The summed E-state index contributed by atoms with van der Waals surface area (Å²) in [5.74, 6) is -1.35. The molecule has 2 heterocycles. The number of para-hydroxylation sites is 1. The Morgan fingerprint density at radius 1 is 1.39 bits per heavy atom. The molecule has 0 fully saturated rings. The van der Waals surface area contributed by atoms with E-state index in [1.54, 1.807) is 6.20 Å². The zero-order valence-corrected chi connectivity index (χ0v) is 9.18. The molecule has 3 rings (SSSR count). The van der Waals surface area contributed by atoms with E-state index in [0.29, 0.717) is 5.56 Å². The average molecular weight is 243 g/mol. The molecule has 6 heteroatoms. The highest BCUT2D eigenvalue weighted by molar-refractivity contribution is 6.04. The zero-order chi connectivity index (χ0) is 12.7. The minimum absolute atomic E-state index is 0.111. The summed E-state index contributed by atoms with van der Waals surface area (Å²) < 4.78 is 4.76. The van der Waals surface area contributed by atoms with Gasteiger partial charge in [0.15, 0.2) is 5.56 Å². The van der Waals surface area contributed by atoms with Crippen molar-refractivity contribution in [1.29, 1.82) is 0 Å². The number of carboxylic acids is 1. The van der Waals surface area contributed by atoms with E-state index in [9.17, 15) is 4.79 Å². The van der Waals surface area contributed by atoms with E-state index in [1.165, 1.54) is 0 Å². The van der Waals surface area contributed by atoms with Crippen LogP contribution in [0, 0.1) is 0 Å². The fourth-order valence-corrected chi connectivity index (χ4v) is 1.96. The summed E-state index contributed by atoms with van der Waals surface area (Å²) in [7, 11) is 0. The molecule has 4 N–H and O–H groups in total. The molecule has 0 atom stereocenters. The molecule has 3 aromatic rings. The molecule has 2 aromatic heterocycles. The van der Waals surface area contributed by atoms with Gasteiger partial charge in [0.2, 0.25) is 5.88 Å². The third-order valence-electron chi connectivity index (χ3n) is 2.78. The van der Waals surface area contributed by atoms with Gasteiger partial charge in [-0.25, -0.2) is 4.79 Å². The second-order valence-electron chi connectivity index (χ2n) is 3.82.